The highest BCUT2D eigenvalue weighted by molar-refractivity contribution is 5.72. The van der Waals surface area contributed by atoms with Gasteiger partial charge in [-0.25, -0.2) is 9.13 Å². The zero-order valence-corrected chi connectivity index (χ0v) is 12.3. The highest BCUT2D eigenvalue weighted by Gasteiger charge is 2.25. The van der Waals surface area contributed by atoms with Crippen molar-refractivity contribution >= 4 is 6.21 Å². The lowest BCUT2D eigenvalue weighted by atomic mass is 10.1. The molecule has 1 rings (SSSR count). The standard InChI is InChI=1S/C13H19N3O2.ClH/c1-5-6-9-18-11-15-7-8-16(13(2,3)4)12(15)10-14-17;/h1,7-8,10H,6,9,11H2,2-4H3;1H. The van der Waals surface area contributed by atoms with Crippen molar-refractivity contribution in [1.29, 1.82) is 0 Å². The third-order valence-electron chi connectivity index (χ3n) is 2.45. The number of halogens is 1. The summed E-state index contributed by atoms with van der Waals surface area (Å²) in [7, 11) is 0. The summed E-state index contributed by atoms with van der Waals surface area (Å²) in [5, 5.41) is 11.8. The van der Waals surface area contributed by atoms with Gasteiger partial charge in [-0.3, -0.25) is 0 Å². The van der Waals surface area contributed by atoms with Crippen LogP contribution in [0.2, 0.25) is 0 Å². The summed E-state index contributed by atoms with van der Waals surface area (Å²) in [6.07, 6.45) is 11.0. The Morgan fingerprint density at radius 2 is 2.26 bits per heavy atom. The number of hydrogen-bond acceptors (Lipinski definition) is 3. The molecule has 0 bridgehead atoms. The Bertz CT molecular complexity index is 455. The van der Waals surface area contributed by atoms with Crippen LogP contribution >= 0.6 is 0 Å². The molecule has 0 unspecified atom stereocenters. The molecular weight excluding hydrogens is 266 g/mol. The zero-order valence-electron chi connectivity index (χ0n) is 11.5. The van der Waals surface area contributed by atoms with Crippen LogP contribution in [0.25, 0.3) is 0 Å². The van der Waals surface area contributed by atoms with E-state index in [1.807, 2.05) is 21.5 Å². The molecule has 5 nitrogen and oxygen atoms in total. The summed E-state index contributed by atoms with van der Waals surface area (Å²) in [5.74, 6) is 3.29. The van der Waals surface area contributed by atoms with Crippen molar-refractivity contribution in [3.63, 3.8) is 0 Å². The van der Waals surface area contributed by atoms with Crippen LogP contribution in [0.3, 0.4) is 0 Å². The van der Waals surface area contributed by atoms with Crippen LogP contribution in [0.4, 0.5) is 0 Å². The maximum atomic E-state index is 8.74. The molecule has 0 aromatic carbocycles. The van der Waals surface area contributed by atoms with E-state index in [4.69, 9.17) is 16.4 Å². The predicted octanol–water partition coefficient (Wildman–Crippen LogP) is -1.66. The van der Waals surface area contributed by atoms with Gasteiger partial charge in [0.05, 0.1) is 6.61 Å². The first-order chi connectivity index (χ1) is 8.50. The van der Waals surface area contributed by atoms with Gasteiger partial charge in [-0.1, -0.05) is 5.16 Å². The van der Waals surface area contributed by atoms with Gasteiger partial charge in [-0.2, -0.15) is 0 Å². The lowest BCUT2D eigenvalue weighted by Crippen LogP contribution is -3.00. The number of nitrogens with zero attached hydrogens (tertiary/aromatic N) is 3. The quantitative estimate of drug-likeness (QED) is 0.176. The molecular formula is C13H20ClN3O2. The third kappa shape index (κ3) is 4.93. The molecule has 0 saturated heterocycles. The maximum Gasteiger partial charge on any atom is 0.305 e. The molecule has 106 valence electrons. The Morgan fingerprint density at radius 1 is 1.58 bits per heavy atom. The zero-order chi connectivity index (χ0) is 13.6. The highest BCUT2D eigenvalue weighted by atomic mass is 35.5. The Balaban J connectivity index is 0.00000324. The molecule has 1 heterocycles. The lowest BCUT2D eigenvalue weighted by molar-refractivity contribution is -0.733. The number of rotatable bonds is 5. The van der Waals surface area contributed by atoms with E-state index in [1.165, 1.54) is 6.21 Å². The molecule has 0 radical (unpaired) electrons. The molecule has 0 aliphatic carbocycles. The monoisotopic (exact) mass is 285 g/mol. The first-order valence-corrected chi connectivity index (χ1v) is 5.80. The number of aromatic nitrogens is 2. The maximum absolute atomic E-state index is 8.74. The Labute approximate surface area is 120 Å². The Hall–Kier alpha value is -1.51. The molecule has 1 N–H and O–H groups in total. The van der Waals surface area contributed by atoms with Crippen LogP contribution in [-0.2, 0) is 17.0 Å². The molecule has 0 aliphatic heterocycles. The fraction of sp³-hybridized carbons (Fsp3) is 0.538. The Morgan fingerprint density at radius 3 is 2.79 bits per heavy atom. The topological polar surface area (TPSA) is 50.6 Å². The first-order valence-electron chi connectivity index (χ1n) is 5.80. The summed E-state index contributed by atoms with van der Waals surface area (Å²) in [6.45, 7) is 7.12. The van der Waals surface area contributed by atoms with Crippen LogP contribution < -0.4 is 17.0 Å². The predicted molar refractivity (Wildman–Crippen MR) is 68.4 cm³/mol. The molecule has 0 amide bonds. The molecule has 0 atom stereocenters. The van der Waals surface area contributed by atoms with Crippen molar-refractivity contribution in [3.05, 3.63) is 18.2 Å². The van der Waals surface area contributed by atoms with Crippen LogP contribution in [0, 0.1) is 12.3 Å². The van der Waals surface area contributed by atoms with Crippen LogP contribution in [0.15, 0.2) is 17.5 Å². The molecule has 0 saturated carbocycles. The number of ether oxygens (including phenoxy) is 1. The fourth-order valence-corrected chi connectivity index (χ4v) is 1.60. The number of oxime groups is 1. The van der Waals surface area contributed by atoms with Gasteiger partial charge >= 0.3 is 5.82 Å². The molecule has 6 heteroatoms. The van der Waals surface area contributed by atoms with E-state index in [2.05, 4.69) is 31.8 Å². The average Bonchev–Trinajstić information content (AvgIpc) is 2.68. The second-order valence-electron chi connectivity index (χ2n) is 4.90. The number of terminal acetylenes is 1. The van der Waals surface area contributed by atoms with Crippen LogP contribution in [0.1, 0.15) is 33.0 Å². The molecule has 0 spiro atoms. The van der Waals surface area contributed by atoms with Crippen molar-refractivity contribution < 1.29 is 26.9 Å². The van der Waals surface area contributed by atoms with E-state index < -0.39 is 0 Å². The van der Waals surface area contributed by atoms with Gasteiger partial charge in [0.1, 0.15) is 17.9 Å². The normalized spacial score (nSPS) is 11.3. The van der Waals surface area contributed by atoms with E-state index in [0.29, 0.717) is 19.8 Å². The fourth-order valence-electron chi connectivity index (χ4n) is 1.60. The van der Waals surface area contributed by atoms with Crippen molar-refractivity contribution in [2.75, 3.05) is 6.61 Å². The van der Waals surface area contributed by atoms with Gasteiger partial charge in [-0.15, -0.1) is 12.3 Å². The van der Waals surface area contributed by atoms with E-state index in [0.717, 1.165) is 5.82 Å². The van der Waals surface area contributed by atoms with Gasteiger partial charge in [0, 0.05) is 6.42 Å². The second-order valence-corrected chi connectivity index (χ2v) is 4.90. The summed E-state index contributed by atoms with van der Waals surface area (Å²) >= 11 is 0. The van der Waals surface area contributed by atoms with Gasteiger partial charge < -0.3 is 22.4 Å². The smallest absolute Gasteiger partial charge is 0.305 e. The van der Waals surface area contributed by atoms with E-state index in [1.54, 1.807) is 0 Å². The average molecular weight is 286 g/mol. The van der Waals surface area contributed by atoms with Gasteiger partial charge in [0.25, 0.3) is 0 Å². The number of imidazole rings is 1. The van der Waals surface area contributed by atoms with E-state index in [9.17, 15) is 0 Å². The summed E-state index contributed by atoms with van der Waals surface area (Å²) < 4.78 is 9.31. The Kier molecular flexibility index (Phi) is 7.20. The van der Waals surface area contributed by atoms with Crippen molar-refractivity contribution in [3.8, 4) is 12.3 Å². The second kappa shape index (κ2) is 7.82. The largest absolute Gasteiger partial charge is 1.00 e. The number of hydrogen-bond donors (Lipinski definition) is 1. The van der Waals surface area contributed by atoms with Gasteiger partial charge in [0.2, 0.25) is 0 Å². The van der Waals surface area contributed by atoms with Crippen LogP contribution in [0.5, 0.6) is 0 Å². The molecule has 1 aromatic heterocycles. The summed E-state index contributed by atoms with van der Waals surface area (Å²) in [6, 6.07) is 0. The molecule has 0 fully saturated rings. The first kappa shape index (κ1) is 17.5. The molecule has 0 aliphatic rings. The van der Waals surface area contributed by atoms with Gasteiger partial charge in [0.15, 0.2) is 12.9 Å². The third-order valence-corrected chi connectivity index (χ3v) is 2.45. The van der Waals surface area contributed by atoms with Crippen LogP contribution in [-0.4, -0.2) is 22.6 Å². The van der Waals surface area contributed by atoms with Crippen molar-refractivity contribution in [2.24, 2.45) is 5.16 Å². The van der Waals surface area contributed by atoms with E-state index in [-0.39, 0.29) is 17.9 Å². The van der Waals surface area contributed by atoms with E-state index >= 15 is 0 Å². The van der Waals surface area contributed by atoms with Crippen molar-refractivity contribution in [2.45, 2.75) is 39.5 Å². The minimum absolute atomic E-state index is 0. The minimum atomic E-state index is -0.0966. The minimum Gasteiger partial charge on any atom is -1.00 e. The highest BCUT2D eigenvalue weighted by Crippen LogP contribution is 2.14. The SMILES string of the molecule is C#CCCOC[n+]1ccn(C(C)(C)C)c1/C=N/O.[Cl-]. The summed E-state index contributed by atoms with van der Waals surface area (Å²) in [5.41, 5.74) is -0.0966. The van der Waals surface area contributed by atoms with Gasteiger partial charge in [-0.05, 0) is 20.8 Å². The molecule has 19 heavy (non-hydrogen) atoms. The summed E-state index contributed by atoms with van der Waals surface area (Å²) in [4.78, 5) is 0. The lowest BCUT2D eigenvalue weighted by Gasteiger charge is -2.15. The van der Waals surface area contributed by atoms with Crippen molar-refractivity contribution in [1.82, 2.24) is 4.57 Å². The molecule has 1 aromatic rings.